The van der Waals surface area contributed by atoms with E-state index in [4.69, 9.17) is 8.83 Å². The van der Waals surface area contributed by atoms with Gasteiger partial charge in [-0.2, -0.15) is 5.26 Å². The second-order valence-corrected chi connectivity index (χ2v) is 11.2. The van der Waals surface area contributed by atoms with Crippen molar-refractivity contribution < 1.29 is 8.83 Å². The van der Waals surface area contributed by atoms with E-state index in [0.29, 0.717) is 5.56 Å². The number of aromatic nitrogens is 1. The third-order valence-corrected chi connectivity index (χ3v) is 8.73. The minimum atomic E-state index is 0.655. The number of hydrogen-bond donors (Lipinski definition) is 0. The molecule has 0 aliphatic heterocycles. The number of aryl methyl sites for hydroxylation is 2. The maximum Gasteiger partial charge on any atom is 0.159 e. The smallest absolute Gasteiger partial charge is 0.159 e. The van der Waals surface area contributed by atoms with E-state index < -0.39 is 0 Å². The summed E-state index contributed by atoms with van der Waals surface area (Å²) in [7, 11) is 0. The van der Waals surface area contributed by atoms with Crippen LogP contribution in [0.5, 0.6) is 0 Å². The highest BCUT2D eigenvalue weighted by Gasteiger charge is 2.18. The van der Waals surface area contributed by atoms with Crippen molar-refractivity contribution in [3.63, 3.8) is 0 Å². The minimum Gasteiger partial charge on any atom is -0.456 e. The van der Waals surface area contributed by atoms with Crippen LogP contribution in [0.25, 0.3) is 71.4 Å². The molecule has 0 aliphatic carbocycles. The Morgan fingerprint density at radius 2 is 1.16 bits per heavy atom. The molecule has 4 heteroatoms. The van der Waals surface area contributed by atoms with E-state index >= 15 is 0 Å². The van der Waals surface area contributed by atoms with Gasteiger partial charge in [-0.1, -0.05) is 60.7 Å². The number of nitriles is 1. The van der Waals surface area contributed by atoms with Gasteiger partial charge in [0, 0.05) is 32.3 Å². The second kappa shape index (κ2) is 9.11. The molecule has 0 atom stereocenters. The average molecular weight is 553 g/mol. The van der Waals surface area contributed by atoms with Crippen LogP contribution in [0.3, 0.4) is 0 Å². The van der Waals surface area contributed by atoms with Gasteiger partial charge in [0.05, 0.1) is 28.4 Å². The number of benzene rings is 6. The van der Waals surface area contributed by atoms with Crippen molar-refractivity contribution in [3.8, 4) is 11.8 Å². The molecule has 4 nitrogen and oxygen atoms in total. The Hall–Kier alpha value is -5.79. The van der Waals surface area contributed by atoms with Crippen molar-refractivity contribution in [1.82, 2.24) is 4.57 Å². The summed E-state index contributed by atoms with van der Waals surface area (Å²) >= 11 is 0. The van der Waals surface area contributed by atoms with Gasteiger partial charge in [-0.15, -0.1) is 0 Å². The van der Waals surface area contributed by atoms with E-state index in [9.17, 15) is 5.26 Å². The Kier molecular flexibility index (Phi) is 5.06. The van der Waals surface area contributed by atoms with Crippen molar-refractivity contribution in [3.05, 3.63) is 138 Å². The molecule has 0 saturated heterocycles. The zero-order valence-corrected chi connectivity index (χ0v) is 23.2. The predicted octanol–water partition coefficient (Wildman–Crippen LogP) is 10.2. The van der Waals surface area contributed by atoms with E-state index in [-0.39, 0.29) is 0 Å². The number of hydrogen-bond acceptors (Lipinski definition) is 3. The van der Waals surface area contributed by atoms with Crippen molar-refractivity contribution in [2.75, 3.05) is 0 Å². The first-order chi connectivity index (χ1) is 21.2. The molecule has 0 fully saturated rings. The van der Waals surface area contributed by atoms with E-state index in [2.05, 4.69) is 95.6 Å². The highest BCUT2D eigenvalue weighted by molar-refractivity contribution is 6.13. The molecule has 202 valence electrons. The van der Waals surface area contributed by atoms with Crippen LogP contribution in [0.2, 0.25) is 0 Å². The standard InChI is InChI=1S/C39H24N2O2/c40-23-26-14-17-34-30(22-26)27-6-1-3-9-33(27)41(34)35-10-5-8-29-32-21-25(16-19-38(32)43-39(29)35)13-12-24-15-18-37-31(20-24)28-7-2-4-11-36(28)42-37/h1-11,14-22H,12-13H2. The van der Waals surface area contributed by atoms with Gasteiger partial charge in [-0.3, -0.25) is 0 Å². The third-order valence-electron chi connectivity index (χ3n) is 8.73. The Morgan fingerprint density at radius 3 is 1.98 bits per heavy atom. The number of nitrogens with zero attached hydrogens (tertiary/aromatic N) is 2. The topological polar surface area (TPSA) is 55.0 Å². The van der Waals surface area contributed by atoms with Crippen LogP contribution < -0.4 is 0 Å². The first kappa shape index (κ1) is 23.9. The summed E-state index contributed by atoms with van der Waals surface area (Å²) in [5.41, 5.74) is 9.96. The van der Waals surface area contributed by atoms with Crippen LogP contribution in [0.4, 0.5) is 0 Å². The molecule has 9 aromatic rings. The number of rotatable bonds is 4. The molecule has 0 aliphatic rings. The molecule has 0 N–H and O–H groups in total. The first-order valence-corrected chi connectivity index (χ1v) is 14.5. The molecular formula is C39H24N2O2. The highest BCUT2D eigenvalue weighted by atomic mass is 16.3. The summed E-state index contributed by atoms with van der Waals surface area (Å²) in [4.78, 5) is 0. The van der Waals surface area contributed by atoms with Gasteiger partial charge in [-0.25, -0.2) is 0 Å². The molecule has 0 radical (unpaired) electrons. The summed E-state index contributed by atoms with van der Waals surface area (Å²) in [6, 6.07) is 44.2. The largest absolute Gasteiger partial charge is 0.456 e. The van der Waals surface area contributed by atoms with Crippen LogP contribution in [0, 0.1) is 11.3 Å². The maximum absolute atomic E-state index is 9.54. The summed E-state index contributed by atoms with van der Waals surface area (Å²) in [6.45, 7) is 0. The molecule has 0 saturated carbocycles. The van der Waals surface area contributed by atoms with Gasteiger partial charge in [0.25, 0.3) is 0 Å². The predicted molar refractivity (Wildman–Crippen MR) is 174 cm³/mol. The molecule has 0 unspecified atom stereocenters. The van der Waals surface area contributed by atoms with Crippen molar-refractivity contribution in [2.24, 2.45) is 0 Å². The molecule has 0 bridgehead atoms. The van der Waals surface area contributed by atoms with Crippen LogP contribution in [0.1, 0.15) is 16.7 Å². The highest BCUT2D eigenvalue weighted by Crippen LogP contribution is 2.38. The Bertz CT molecular complexity index is 2590. The lowest BCUT2D eigenvalue weighted by Gasteiger charge is -2.08. The summed E-state index contributed by atoms with van der Waals surface area (Å²) in [5.74, 6) is 0. The molecule has 6 aromatic carbocycles. The van der Waals surface area contributed by atoms with Crippen molar-refractivity contribution >= 4 is 65.7 Å². The van der Waals surface area contributed by atoms with Crippen LogP contribution in [-0.2, 0) is 12.8 Å². The lowest BCUT2D eigenvalue weighted by atomic mass is 10.0. The molecule has 0 amide bonds. The van der Waals surface area contributed by atoms with E-state index in [1.165, 1.54) is 16.5 Å². The normalized spacial score (nSPS) is 11.9. The minimum absolute atomic E-state index is 0.655. The molecule has 3 aromatic heterocycles. The fourth-order valence-electron chi connectivity index (χ4n) is 6.68. The Morgan fingerprint density at radius 1 is 0.512 bits per heavy atom. The van der Waals surface area contributed by atoms with Gasteiger partial charge in [0.1, 0.15) is 16.7 Å². The lowest BCUT2D eigenvalue weighted by Crippen LogP contribution is -1.94. The van der Waals surface area contributed by atoms with Crippen molar-refractivity contribution in [1.29, 1.82) is 5.26 Å². The summed E-state index contributed by atoms with van der Waals surface area (Å²) < 4.78 is 14.8. The van der Waals surface area contributed by atoms with E-state index in [1.807, 2.05) is 36.4 Å². The van der Waals surface area contributed by atoms with Crippen LogP contribution in [-0.4, -0.2) is 4.57 Å². The lowest BCUT2D eigenvalue weighted by molar-refractivity contribution is 0.666. The molecule has 9 rings (SSSR count). The summed E-state index contributed by atoms with van der Waals surface area (Å²) in [6.07, 6.45) is 1.87. The molecule has 43 heavy (non-hydrogen) atoms. The number of para-hydroxylation sites is 3. The van der Waals surface area contributed by atoms with Gasteiger partial charge in [-0.05, 0) is 84.6 Å². The van der Waals surface area contributed by atoms with Crippen LogP contribution >= 0.6 is 0 Å². The fraction of sp³-hybridized carbons (Fsp3) is 0.0513. The number of fused-ring (bicyclic) bond motifs is 9. The van der Waals surface area contributed by atoms with Gasteiger partial charge in [0.15, 0.2) is 5.58 Å². The fourth-order valence-corrected chi connectivity index (χ4v) is 6.68. The Balaban J connectivity index is 1.13. The van der Waals surface area contributed by atoms with Gasteiger partial charge >= 0.3 is 0 Å². The number of furan rings is 2. The molecule has 3 heterocycles. The first-order valence-electron chi connectivity index (χ1n) is 14.5. The quantitative estimate of drug-likeness (QED) is 0.218. The van der Waals surface area contributed by atoms with Gasteiger partial charge in [0.2, 0.25) is 0 Å². The van der Waals surface area contributed by atoms with Crippen molar-refractivity contribution in [2.45, 2.75) is 12.8 Å². The maximum atomic E-state index is 9.54. The zero-order valence-electron chi connectivity index (χ0n) is 23.2. The monoisotopic (exact) mass is 552 g/mol. The average Bonchev–Trinajstić information content (AvgIpc) is 3.72. The molecule has 0 spiro atoms. The summed E-state index contributed by atoms with van der Waals surface area (Å²) in [5, 5.41) is 16.3. The van der Waals surface area contributed by atoms with E-state index in [1.54, 1.807) is 0 Å². The second-order valence-electron chi connectivity index (χ2n) is 11.2. The van der Waals surface area contributed by atoms with Gasteiger partial charge < -0.3 is 13.4 Å². The Labute approximate surface area is 246 Å². The SMILES string of the molecule is N#Cc1ccc2c(c1)c1ccccc1n2-c1cccc2c1oc1ccc(CCc3ccc4oc5ccccc5c4c3)cc12. The zero-order chi connectivity index (χ0) is 28.5. The van der Waals surface area contributed by atoms with E-state index in [0.717, 1.165) is 78.8 Å². The van der Waals surface area contributed by atoms with Crippen LogP contribution in [0.15, 0.2) is 130 Å². The third kappa shape index (κ3) is 3.62. The molecular weight excluding hydrogens is 528 g/mol.